The second-order valence-electron chi connectivity index (χ2n) is 4.24. The van der Waals surface area contributed by atoms with Gasteiger partial charge in [0, 0.05) is 5.57 Å². The predicted octanol–water partition coefficient (Wildman–Crippen LogP) is 1.82. The van der Waals surface area contributed by atoms with Crippen LogP contribution < -0.4 is 0 Å². The summed E-state index contributed by atoms with van der Waals surface area (Å²) in [6, 6.07) is 8.03. The highest BCUT2D eigenvalue weighted by Gasteiger charge is 2.48. The van der Waals surface area contributed by atoms with Crippen molar-refractivity contribution >= 4 is 5.57 Å². The first-order chi connectivity index (χ1) is 7.36. The van der Waals surface area contributed by atoms with Crippen molar-refractivity contribution in [1.82, 2.24) is 0 Å². The third kappa shape index (κ3) is 0.863. The molecule has 1 aromatic rings. The molecule has 2 heteroatoms. The zero-order chi connectivity index (χ0) is 9.99. The van der Waals surface area contributed by atoms with E-state index in [0.29, 0.717) is 0 Å². The number of ether oxygens (including phenoxy) is 1. The molecule has 3 unspecified atom stereocenters. The molecule has 0 saturated carbocycles. The summed E-state index contributed by atoms with van der Waals surface area (Å²) in [5.74, 6) is 0. The van der Waals surface area contributed by atoms with Crippen molar-refractivity contribution in [3.8, 4) is 0 Å². The smallest absolute Gasteiger partial charge is 0.113 e. The van der Waals surface area contributed by atoms with Gasteiger partial charge in [0.15, 0.2) is 0 Å². The van der Waals surface area contributed by atoms with Gasteiger partial charge in [0.2, 0.25) is 0 Å². The van der Waals surface area contributed by atoms with Crippen molar-refractivity contribution in [2.75, 3.05) is 0 Å². The van der Waals surface area contributed by atoms with Crippen LogP contribution in [0.1, 0.15) is 17.2 Å². The largest absolute Gasteiger partial charge is 0.384 e. The van der Waals surface area contributed by atoms with Gasteiger partial charge in [-0.25, -0.2) is 0 Å². The molecule has 2 aliphatic carbocycles. The number of epoxide rings is 1. The van der Waals surface area contributed by atoms with Gasteiger partial charge in [-0.05, 0) is 16.7 Å². The highest BCUT2D eigenvalue weighted by atomic mass is 16.6. The van der Waals surface area contributed by atoms with E-state index in [1.807, 2.05) is 18.2 Å². The molecular formula is C13H10O2. The van der Waals surface area contributed by atoms with Crippen LogP contribution in [0.15, 0.2) is 42.0 Å². The molecule has 1 aromatic carbocycles. The van der Waals surface area contributed by atoms with Gasteiger partial charge in [-0.15, -0.1) is 0 Å². The van der Waals surface area contributed by atoms with Crippen molar-refractivity contribution in [3.63, 3.8) is 0 Å². The Morgan fingerprint density at radius 1 is 1.20 bits per heavy atom. The Labute approximate surface area is 87.5 Å². The minimum absolute atomic E-state index is 0.132. The summed E-state index contributed by atoms with van der Waals surface area (Å²) in [6.45, 7) is 0. The summed E-state index contributed by atoms with van der Waals surface area (Å²) < 4.78 is 5.49. The number of rotatable bonds is 0. The van der Waals surface area contributed by atoms with Gasteiger partial charge in [0.1, 0.15) is 18.3 Å². The van der Waals surface area contributed by atoms with Crippen LogP contribution in [0, 0.1) is 0 Å². The molecule has 0 spiro atoms. The van der Waals surface area contributed by atoms with Gasteiger partial charge in [-0.2, -0.15) is 0 Å². The van der Waals surface area contributed by atoms with Crippen molar-refractivity contribution in [2.45, 2.75) is 18.3 Å². The monoisotopic (exact) mass is 198 g/mol. The van der Waals surface area contributed by atoms with E-state index in [4.69, 9.17) is 4.74 Å². The van der Waals surface area contributed by atoms with Gasteiger partial charge < -0.3 is 9.84 Å². The van der Waals surface area contributed by atoms with Crippen LogP contribution in [0.4, 0.5) is 0 Å². The van der Waals surface area contributed by atoms with E-state index < -0.39 is 6.10 Å². The van der Waals surface area contributed by atoms with E-state index in [-0.39, 0.29) is 12.2 Å². The molecule has 2 nitrogen and oxygen atoms in total. The van der Waals surface area contributed by atoms with Crippen molar-refractivity contribution in [1.29, 1.82) is 0 Å². The maximum Gasteiger partial charge on any atom is 0.113 e. The molecule has 74 valence electrons. The Morgan fingerprint density at radius 3 is 3.00 bits per heavy atom. The van der Waals surface area contributed by atoms with E-state index >= 15 is 0 Å². The Kier molecular flexibility index (Phi) is 1.26. The number of allylic oxidation sites excluding steroid dienone is 2. The van der Waals surface area contributed by atoms with E-state index in [1.165, 1.54) is 0 Å². The van der Waals surface area contributed by atoms with Crippen molar-refractivity contribution in [2.24, 2.45) is 0 Å². The SMILES string of the molecule is OC1C2=C(C=CC3OC23)c2ccccc21. The Bertz CT molecular complexity index is 513. The second-order valence-corrected chi connectivity index (χ2v) is 4.24. The summed E-state index contributed by atoms with van der Waals surface area (Å²) in [7, 11) is 0. The summed E-state index contributed by atoms with van der Waals surface area (Å²) >= 11 is 0. The van der Waals surface area contributed by atoms with Gasteiger partial charge in [-0.1, -0.05) is 36.4 Å². The van der Waals surface area contributed by atoms with Crippen LogP contribution in [-0.2, 0) is 4.74 Å². The highest BCUT2D eigenvalue weighted by molar-refractivity contribution is 5.86. The van der Waals surface area contributed by atoms with E-state index in [0.717, 1.165) is 22.3 Å². The molecule has 3 aliphatic rings. The maximum atomic E-state index is 10.2. The molecule has 0 radical (unpaired) electrons. The van der Waals surface area contributed by atoms with Gasteiger partial charge >= 0.3 is 0 Å². The zero-order valence-corrected chi connectivity index (χ0v) is 8.05. The first kappa shape index (κ1) is 7.85. The molecule has 4 rings (SSSR count). The quantitative estimate of drug-likeness (QED) is 0.645. The van der Waals surface area contributed by atoms with Gasteiger partial charge in [-0.3, -0.25) is 0 Å². The molecule has 15 heavy (non-hydrogen) atoms. The molecule has 1 saturated heterocycles. The van der Waals surface area contributed by atoms with Crippen LogP contribution >= 0.6 is 0 Å². The minimum Gasteiger partial charge on any atom is -0.384 e. The summed E-state index contributed by atoms with van der Waals surface area (Å²) in [6.07, 6.45) is 4.05. The number of aliphatic hydroxyl groups excluding tert-OH is 1. The normalized spacial score (nSPS) is 34.9. The molecule has 0 bridgehead atoms. The number of hydrogen-bond acceptors (Lipinski definition) is 2. The molecule has 1 heterocycles. The van der Waals surface area contributed by atoms with Crippen LogP contribution in [0.2, 0.25) is 0 Å². The maximum absolute atomic E-state index is 10.2. The van der Waals surface area contributed by atoms with Crippen molar-refractivity contribution < 1.29 is 9.84 Å². The number of aliphatic hydroxyl groups is 1. The molecule has 1 fully saturated rings. The molecule has 1 aliphatic heterocycles. The Balaban J connectivity index is 1.98. The van der Waals surface area contributed by atoms with Crippen LogP contribution in [0.5, 0.6) is 0 Å². The summed E-state index contributed by atoms with van der Waals surface area (Å²) in [5.41, 5.74) is 4.40. The third-order valence-corrected chi connectivity index (χ3v) is 3.44. The fraction of sp³-hybridized carbons (Fsp3) is 0.231. The molecule has 0 aromatic heterocycles. The number of benzene rings is 1. The van der Waals surface area contributed by atoms with E-state index in [2.05, 4.69) is 18.2 Å². The molecule has 3 atom stereocenters. The number of hydrogen-bond donors (Lipinski definition) is 1. The van der Waals surface area contributed by atoms with E-state index in [1.54, 1.807) is 0 Å². The van der Waals surface area contributed by atoms with Crippen LogP contribution in [0.3, 0.4) is 0 Å². The minimum atomic E-state index is -0.462. The lowest BCUT2D eigenvalue weighted by molar-refractivity contribution is 0.209. The van der Waals surface area contributed by atoms with Crippen LogP contribution in [0.25, 0.3) is 5.57 Å². The molecular weight excluding hydrogens is 188 g/mol. The standard InChI is InChI=1S/C13H10O2/c14-12-9-4-2-1-3-7(9)8-5-6-10-13(15-10)11(8)12/h1-6,10,12-14H. The fourth-order valence-corrected chi connectivity index (χ4v) is 2.66. The lowest BCUT2D eigenvalue weighted by Crippen LogP contribution is -2.06. The Hall–Kier alpha value is -1.38. The predicted molar refractivity (Wildman–Crippen MR) is 56.1 cm³/mol. The highest BCUT2D eigenvalue weighted by Crippen LogP contribution is 2.50. The van der Waals surface area contributed by atoms with Gasteiger partial charge in [0.25, 0.3) is 0 Å². The summed E-state index contributed by atoms with van der Waals surface area (Å²) in [4.78, 5) is 0. The second kappa shape index (κ2) is 2.40. The zero-order valence-electron chi connectivity index (χ0n) is 8.05. The molecule has 1 N–H and O–H groups in total. The fourth-order valence-electron chi connectivity index (χ4n) is 2.66. The van der Waals surface area contributed by atoms with Crippen molar-refractivity contribution in [3.05, 3.63) is 53.1 Å². The van der Waals surface area contributed by atoms with Gasteiger partial charge in [0.05, 0.1) is 0 Å². The first-order valence-corrected chi connectivity index (χ1v) is 5.21. The number of fused-ring (bicyclic) bond motifs is 4. The topological polar surface area (TPSA) is 32.8 Å². The molecule has 0 amide bonds. The Morgan fingerprint density at radius 2 is 2.07 bits per heavy atom. The third-order valence-electron chi connectivity index (χ3n) is 3.44. The first-order valence-electron chi connectivity index (χ1n) is 5.21. The average Bonchev–Trinajstić information content (AvgIpc) is 3.01. The lowest BCUT2D eigenvalue weighted by Gasteiger charge is -2.08. The van der Waals surface area contributed by atoms with Crippen LogP contribution in [-0.4, -0.2) is 17.3 Å². The summed E-state index contributed by atoms with van der Waals surface area (Å²) in [5, 5.41) is 10.2. The lowest BCUT2D eigenvalue weighted by atomic mass is 9.97. The van der Waals surface area contributed by atoms with E-state index in [9.17, 15) is 5.11 Å². The average molecular weight is 198 g/mol.